The Hall–Kier alpha value is -3.41. The Morgan fingerprint density at radius 1 is 1.21 bits per heavy atom. The maximum atomic E-state index is 11.8. The topological polar surface area (TPSA) is 74.4 Å². The second-order valence-corrected chi connectivity index (χ2v) is 5.11. The number of carbonyl (C=O) groups excluding carboxylic acids is 1. The first-order valence-electron chi connectivity index (χ1n) is 7.20. The molecule has 0 radical (unpaired) electrons. The van der Waals surface area contributed by atoms with E-state index in [4.69, 9.17) is 4.74 Å². The number of nitro groups is 1. The van der Waals surface area contributed by atoms with Gasteiger partial charge >= 0.3 is 5.97 Å². The van der Waals surface area contributed by atoms with E-state index in [0.29, 0.717) is 11.1 Å². The molecule has 0 atom stereocenters. The van der Waals surface area contributed by atoms with Crippen LogP contribution in [0.4, 0.5) is 0 Å². The third-order valence-electron chi connectivity index (χ3n) is 3.67. The molecule has 24 heavy (non-hydrogen) atoms. The number of nitrogens with zero attached hydrogens (tertiary/aromatic N) is 2. The summed E-state index contributed by atoms with van der Waals surface area (Å²) in [5, 5.41) is 11.4. The lowest BCUT2D eigenvalue weighted by molar-refractivity contribution is -0.400. The molecule has 0 bridgehead atoms. The molecule has 0 amide bonds. The fraction of sp³-hybridized carbons (Fsp3) is 0.0556. The van der Waals surface area contributed by atoms with Gasteiger partial charge in [0.05, 0.1) is 23.1 Å². The highest BCUT2D eigenvalue weighted by atomic mass is 16.6. The van der Waals surface area contributed by atoms with E-state index >= 15 is 0 Å². The molecule has 0 unspecified atom stereocenters. The summed E-state index contributed by atoms with van der Waals surface area (Å²) in [6.45, 7) is 0. The number of carbonyl (C=O) groups is 1. The van der Waals surface area contributed by atoms with Gasteiger partial charge in [-0.05, 0) is 30.3 Å². The number of rotatable bonds is 4. The number of esters is 1. The van der Waals surface area contributed by atoms with Crippen molar-refractivity contribution in [1.82, 2.24) is 4.57 Å². The molecule has 0 N–H and O–H groups in total. The zero-order chi connectivity index (χ0) is 17.1. The molecular weight excluding hydrogens is 308 g/mol. The first-order valence-corrected chi connectivity index (χ1v) is 7.20. The lowest BCUT2D eigenvalue weighted by atomic mass is 10.1. The number of fused-ring (bicyclic) bond motifs is 1. The molecule has 3 aromatic rings. The minimum atomic E-state index is -0.518. The Balaban J connectivity index is 2.23. The quantitative estimate of drug-likeness (QED) is 0.417. The van der Waals surface area contributed by atoms with Gasteiger partial charge < -0.3 is 9.30 Å². The molecule has 0 saturated carbocycles. The van der Waals surface area contributed by atoms with Gasteiger partial charge in [-0.2, -0.15) is 0 Å². The van der Waals surface area contributed by atoms with Crippen molar-refractivity contribution in [3.05, 3.63) is 82.2 Å². The van der Waals surface area contributed by atoms with Crippen molar-refractivity contribution in [2.45, 2.75) is 0 Å². The summed E-state index contributed by atoms with van der Waals surface area (Å²) in [6.07, 6.45) is 4.11. The third-order valence-corrected chi connectivity index (χ3v) is 3.67. The van der Waals surface area contributed by atoms with Gasteiger partial charge in [0, 0.05) is 28.9 Å². The minimum absolute atomic E-state index is 0.395. The second-order valence-electron chi connectivity index (χ2n) is 5.11. The number of benzene rings is 2. The van der Waals surface area contributed by atoms with E-state index in [1.54, 1.807) is 24.4 Å². The van der Waals surface area contributed by atoms with Crippen molar-refractivity contribution in [3.63, 3.8) is 0 Å². The van der Waals surface area contributed by atoms with E-state index in [-0.39, 0.29) is 0 Å². The normalized spacial score (nSPS) is 11.0. The summed E-state index contributed by atoms with van der Waals surface area (Å²) in [7, 11) is 1.31. The van der Waals surface area contributed by atoms with Crippen molar-refractivity contribution in [3.8, 4) is 5.69 Å². The standard InChI is InChI=1S/C18H14N2O4/c1-24-18(21)13-7-8-17-16(11-13)14(9-10-20(22)23)12-19(17)15-5-3-2-4-6-15/h2-12H,1H3. The third kappa shape index (κ3) is 2.89. The van der Waals surface area contributed by atoms with Crippen LogP contribution in [0.3, 0.4) is 0 Å². The van der Waals surface area contributed by atoms with Crippen LogP contribution in [0.1, 0.15) is 15.9 Å². The fourth-order valence-electron chi connectivity index (χ4n) is 2.58. The first-order chi connectivity index (χ1) is 11.6. The molecule has 3 rings (SSSR count). The van der Waals surface area contributed by atoms with E-state index in [1.165, 1.54) is 13.2 Å². The Morgan fingerprint density at radius 3 is 2.62 bits per heavy atom. The van der Waals surface area contributed by atoms with Gasteiger partial charge in [-0.3, -0.25) is 10.1 Å². The van der Waals surface area contributed by atoms with Crippen molar-refractivity contribution < 1.29 is 14.5 Å². The lowest BCUT2D eigenvalue weighted by Gasteiger charge is -2.05. The van der Waals surface area contributed by atoms with E-state index in [9.17, 15) is 14.9 Å². The van der Waals surface area contributed by atoms with Gasteiger partial charge in [0.1, 0.15) is 0 Å². The van der Waals surface area contributed by atoms with E-state index in [1.807, 2.05) is 34.9 Å². The van der Waals surface area contributed by atoms with Crippen molar-refractivity contribution >= 4 is 22.9 Å². The molecule has 2 aromatic carbocycles. The highest BCUT2D eigenvalue weighted by Gasteiger charge is 2.13. The Bertz CT molecular complexity index is 942. The van der Waals surface area contributed by atoms with Gasteiger partial charge in [-0.25, -0.2) is 4.79 Å². The largest absolute Gasteiger partial charge is 0.465 e. The fourth-order valence-corrected chi connectivity index (χ4v) is 2.58. The summed E-state index contributed by atoms with van der Waals surface area (Å²) >= 11 is 0. The van der Waals surface area contributed by atoms with Crippen LogP contribution in [0.5, 0.6) is 0 Å². The van der Waals surface area contributed by atoms with Crippen LogP contribution < -0.4 is 0 Å². The minimum Gasteiger partial charge on any atom is -0.465 e. The molecule has 0 aliphatic heterocycles. The molecule has 6 heteroatoms. The highest BCUT2D eigenvalue weighted by molar-refractivity contribution is 5.98. The molecule has 0 aliphatic rings. The lowest BCUT2D eigenvalue weighted by Crippen LogP contribution is -2.00. The Labute approximate surface area is 137 Å². The summed E-state index contributed by atoms with van der Waals surface area (Å²) in [5.74, 6) is -0.450. The molecule has 0 aliphatic carbocycles. The smallest absolute Gasteiger partial charge is 0.337 e. The highest BCUT2D eigenvalue weighted by Crippen LogP contribution is 2.27. The molecule has 1 aromatic heterocycles. The monoisotopic (exact) mass is 322 g/mol. The summed E-state index contributed by atoms with van der Waals surface area (Å²) in [6, 6.07) is 14.8. The number of hydrogen-bond acceptors (Lipinski definition) is 4. The van der Waals surface area contributed by atoms with Crippen LogP contribution in [0.15, 0.2) is 60.9 Å². The summed E-state index contributed by atoms with van der Waals surface area (Å²) in [5.41, 5.74) is 2.81. The van der Waals surface area contributed by atoms with Crippen LogP contribution >= 0.6 is 0 Å². The number of hydrogen-bond donors (Lipinski definition) is 0. The van der Waals surface area contributed by atoms with Crippen molar-refractivity contribution in [2.24, 2.45) is 0 Å². The number of ether oxygens (including phenoxy) is 1. The number of methoxy groups -OCH3 is 1. The van der Waals surface area contributed by atoms with Crippen LogP contribution in [-0.2, 0) is 4.74 Å². The molecule has 6 nitrogen and oxygen atoms in total. The van der Waals surface area contributed by atoms with Crippen LogP contribution in [0.25, 0.3) is 22.7 Å². The van der Waals surface area contributed by atoms with E-state index < -0.39 is 10.9 Å². The Morgan fingerprint density at radius 2 is 1.96 bits per heavy atom. The predicted octanol–water partition coefficient (Wildman–Crippen LogP) is 3.66. The van der Waals surface area contributed by atoms with E-state index in [0.717, 1.165) is 22.8 Å². The number of aromatic nitrogens is 1. The first kappa shape index (κ1) is 15.5. The zero-order valence-corrected chi connectivity index (χ0v) is 12.9. The van der Waals surface area contributed by atoms with E-state index in [2.05, 4.69) is 0 Å². The maximum Gasteiger partial charge on any atom is 0.337 e. The summed E-state index contributed by atoms with van der Waals surface area (Å²) < 4.78 is 6.67. The van der Waals surface area contributed by atoms with Gasteiger partial charge in [-0.1, -0.05) is 18.2 Å². The molecule has 120 valence electrons. The average molecular weight is 322 g/mol. The molecule has 1 heterocycles. The molecule has 0 fully saturated rings. The predicted molar refractivity (Wildman–Crippen MR) is 90.6 cm³/mol. The number of para-hydroxylation sites is 1. The average Bonchev–Trinajstić information content (AvgIpc) is 2.98. The summed E-state index contributed by atoms with van der Waals surface area (Å²) in [4.78, 5) is 21.9. The van der Waals surface area contributed by atoms with Gasteiger partial charge in [0.2, 0.25) is 6.20 Å². The SMILES string of the molecule is COC(=O)c1ccc2c(c1)c(C=C[N+](=O)[O-])cn2-c1ccccc1. The van der Waals surface area contributed by atoms with Crippen molar-refractivity contribution in [2.75, 3.05) is 7.11 Å². The van der Waals surface area contributed by atoms with Gasteiger partial charge in [0.25, 0.3) is 0 Å². The van der Waals surface area contributed by atoms with Gasteiger partial charge in [0.15, 0.2) is 0 Å². The second kappa shape index (κ2) is 6.37. The van der Waals surface area contributed by atoms with Crippen LogP contribution in [0, 0.1) is 10.1 Å². The molecule has 0 spiro atoms. The Kier molecular flexibility index (Phi) is 4.11. The van der Waals surface area contributed by atoms with Crippen molar-refractivity contribution in [1.29, 1.82) is 0 Å². The van der Waals surface area contributed by atoms with Crippen LogP contribution in [0.2, 0.25) is 0 Å². The zero-order valence-electron chi connectivity index (χ0n) is 12.9. The van der Waals surface area contributed by atoms with Crippen LogP contribution in [-0.4, -0.2) is 22.6 Å². The molecule has 0 saturated heterocycles. The maximum absolute atomic E-state index is 11.8. The van der Waals surface area contributed by atoms with Gasteiger partial charge in [-0.15, -0.1) is 0 Å². The molecular formula is C18H14N2O4.